The molecule has 1 aromatic carbocycles. The van der Waals surface area contributed by atoms with Crippen molar-refractivity contribution in [2.75, 3.05) is 11.9 Å². The first-order valence-electron chi connectivity index (χ1n) is 6.76. The SMILES string of the molecule is CCCC[C@@H](CC)[C@@H]1Sc2ccccc2N1C. The zero-order chi connectivity index (χ0) is 12.3. The molecule has 2 rings (SSSR count). The minimum absolute atomic E-state index is 0.643. The van der Waals surface area contributed by atoms with Crippen molar-refractivity contribution in [2.24, 2.45) is 5.92 Å². The van der Waals surface area contributed by atoms with E-state index in [9.17, 15) is 0 Å². The predicted octanol–water partition coefficient (Wildman–Crippen LogP) is 4.77. The van der Waals surface area contributed by atoms with Crippen molar-refractivity contribution in [1.82, 2.24) is 0 Å². The van der Waals surface area contributed by atoms with Gasteiger partial charge in [0.05, 0.1) is 11.1 Å². The Labute approximate surface area is 110 Å². The van der Waals surface area contributed by atoms with E-state index in [-0.39, 0.29) is 0 Å². The Kier molecular flexibility index (Phi) is 4.38. The fourth-order valence-corrected chi connectivity index (χ4v) is 4.16. The van der Waals surface area contributed by atoms with Crippen LogP contribution in [0.1, 0.15) is 39.5 Å². The van der Waals surface area contributed by atoms with Crippen LogP contribution in [0.2, 0.25) is 0 Å². The molecule has 2 heteroatoms. The van der Waals surface area contributed by atoms with Gasteiger partial charge in [-0.1, -0.05) is 57.0 Å². The molecule has 1 aromatic rings. The Morgan fingerprint density at radius 3 is 2.71 bits per heavy atom. The van der Waals surface area contributed by atoms with Crippen LogP contribution in [0.15, 0.2) is 29.2 Å². The van der Waals surface area contributed by atoms with E-state index in [2.05, 4.69) is 61.8 Å². The smallest absolute Gasteiger partial charge is 0.0822 e. The van der Waals surface area contributed by atoms with E-state index in [0.717, 1.165) is 5.92 Å². The van der Waals surface area contributed by atoms with Gasteiger partial charge in [0.25, 0.3) is 0 Å². The Balaban J connectivity index is 2.09. The van der Waals surface area contributed by atoms with Crippen LogP contribution in [-0.2, 0) is 0 Å². The summed E-state index contributed by atoms with van der Waals surface area (Å²) in [5, 5.41) is 0.643. The second-order valence-corrected chi connectivity index (χ2v) is 6.06. The van der Waals surface area contributed by atoms with Gasteiger partial charge in [0.2, 0.25) is 0 Å². The lowest BCUT2D eigenvalue weighted by Gasteiger charge is -2.29. The van der Waals surface area contributed by atoms with Crippen LogP contribution in [0.3, 0.4) is 0 Å². The van der Waals surface area contributed by atoms with E-state index in [1.165, 1.54) is 36.3 Å². The number of hydrogen-bond donors (Lipinski definition) is 0. The van der Waals surface area contributed by atoms with Crippen LogP contribution >= 0.6 is 11.8 Å². The highest BCUT2D eigenvalue weighted by Gasteiger charge is 2.31. The highest BCUT2D eigenvalue weighted by atomic mass is 32.2. The zero-order valence-electron chi connectivity index (χ0n) is 11.1. The maximum atomic E-state index is 2.48. The lowest BCUT2D eigenvalue weighted by atomic mass is 9.98. The quantitative estimate of drug-likeness (QED) is 0.739. The number of unbranched alkanes of at least 4 members (excludes halogenated alkanes) is 1. The summed E-state index contributed by atoms with van der Waals surface area (Å²) in [6, 6.07) is 8.79. The summed E-state index contributed by atoms with van der Waals surface area (Å²) < 4.78 is 0. The summed E-state index contributed by atoms with van der Waals surface area (Å²) in [4.78, 5) is 3.93. The molecule has 1 aliphatic heterocycles. The van der Waals surface area contributed by atoms with Crippen LogP contribution in [0.4, 0.5) is 5.69 Å². The standard InChI is InChI=1S/C15H23NS/c1-4-6-9-12(5-2)15-16(3)13-10-7-8-11-14(13)17-15/h7-8,10-12,15H,4-6,9H2,1-3H3/t12-,15+/m1/s1. The first kappa shape index (κ1) is 12.8. The maximum absolute atomic E-state index is 2.48. The van der Waals surface area contributed by atoms with Crippen molar-refractivity contribution in [3.8, 4) is 0 Å². The Morgan fingerprint density at radius 2 is 2.06 bits per heavy atom. The van der Waals surface area contributed by atoms with Crippen LogP contribution in [0.5, 0.6) is 0 Å². The summed E-state index contributed by atoms with van der Waals surface area (Å²) in [6.07, 6.45) is 5.32. The summed E-state index contributed by atoms with van der Waals surface area (Å²) in [5.41, 5.74) is 1.41. The van der Waals surface area contributed by atoms with Gasteiger partial charge in [-0.2, -0.15) is 0 Å². The number of para-hydroxylation sites is 1. The van der Waals surface area contributed by atoms with Gasteiger partial charge < -0.3 is 4.90 Å². The molecule has 17 heavy (non-hydrogen) atoms. The Hall–Kier alpha value is -0.630. The van der Waals surface area contributed by atoms with E-state index in [1.54, 1.807) is 0 Å². The van der Waals surface area contributed by atoms with Crippen LogP contribution in [0.25, 0.3) is 0 Å². The molecule has 1 nitrogen and oxygen atoms in total. The monoisotopic (exact) mass is 249 g/mol. The summed E-state index contributed by atoms with van der Waals surface area (Å²) in [6.45, 7) is 4.62. The summed E-state index contributed by atoms with van der Waals surface area (Å²) >= 11 is 2.05. The topological polar surface area (TPSA) is 3.24 Å². The molecule has 94 valence electrons. The molecule has 0 aromatic heterocycles. The van der Waals surface area contributed by atoms with Crippen molar-refractivity contribution in [2.45, 2.75) is 49.8 Å². The van der Waals surface area contributed by atoms with Gasteiger partial charge in [-0.3, -0.25) is 0 Å². The molecule has 0 amide bonds. The summed E-state index contributed by atoms with van der Waals surface area (Å²) in [7, 11) is 2.25. The van der Waals surface area contributed by atoms with E-state index in [0.29, 0.717) is 5.37 Å². The van der Waals surface area contributed by atoms with Crippen LogP contribution in [0, 0.1) is 5.92 Å². The molecule has 0 unspecified atom stereocenters. The second-order valence-electron chi connectivity index (χ2n) is 4.90. The second kappa shape index (κ2) is 5.81. The van der Waals surface area contributed by atoms with Crippen LogP contribution in [-0.4, -0.2) is 12.4 Å². The molecular weight excluding hydrogens is 226 g/mol. The third kappa shape index (κ3) is 2.62. The lowest BCUT2D eigenvalue weighted by molar-refractivity contribution is 0.434. The van der Waals surface area contributed by atoms with Gasteiger partial charge in [0.15, 0.2) is 0 Å². The fourth-order valence-electron chi connectivity index (χ4n) is 2.62. The molecule has 0 bridgehead atoms. The van der Waals surface area contributed by atoms with Crippen LogP contribution < -0.4 is 4.90 Å². The average molecular weight is 249 g/mol. The van der Waals surface area contributed by atoms with Gasteiger partial charge in [-0.05, 0) is 24.5 Å². The van der Waals surface area contributed by atoms with E-state index in [4.69, 9.17) is 0 Å². The Bertz CT molecular complexity index is 364. The highest BCUT2D eigenvalue weighted by Crippen LogP contribution is 2.46. The maximum Gasteiger partial charge on any atom is 0.0822 e. The third-order valence-electron chi connectivity index (χ3n) is 3.73. The molecule has 0 saturated heterocycles. The average Bonchev–Trinajstić information content (AvgIpc) is 2.69. The van der Waals surface area contributed by atoms with Crippen molar-refractivity contribution in [3.05, 3.63) is 24.3 Å². The molecule has 0 aliphatic carbocycles. The van der Waals surface area contributed by atoms with Gasteiger partial charge in [-0.25, -0.2) is 0 Å². The van der Waals surface area contributed by atoms with Crippen molar-refractivity contribution in [1.29, 1.82) is 0 Å². The van der Waals surface area contributed by atoms with E-state index >= 15 is 0 Å². The number of hydrogen-bond acceptors (Lipinski definition) is 2. The number of thioether (sulfide) groups is 1. The molecule has 1 aliphatic rings. The van der Waals surface area contributed by atoms with Crippen molar-refractivity contribution >= 4 is 17.4 Å². The normalized spacial score (nSPS) is 20.4. The largest absolute Gasteiger partial charge is 0.361 e. The molecule has 0 N–H and O–H groups in total. The highest BCUT2D eigenvalue weighted by molar-refractivity contribution is 8.00. The zero-order valence-corrected chi connectivity index (χ0v) is 12.0. The fraction of sp³-hybridized carbons (Fsp3) is 0.600. The number of fused-ring (bicyclic) bond motifs is 1. The molecule has 0 radical (unpaired) electrons. The van der Waals surface area contributed by atoms with Gasteiger partial charge in [0.1, 0.15) is 0 Å². The van der Waals surface area contributed by atoms with E-state index in [1.807, 2.05) is 0 Å². The molecule has 0 saturated carbocycles. The minimum atomic E-state index is 0.643. The van der Waals surface area contributed by atoms with E-state index < -0.39 is 0 Å². The minimum Gasteiger partial charge on any atom is -0.361 e. The van der Waals surface area contributed by atoms with Gasteiger partial charge in [0, 0.05) is 11.9 Å². The molecule has 0 spiro atoms. The third-order valence-corrected chi connectivity index (χ3v) is 5.27. The predicted molar refractivity (Wildman–Crippen MR) is 77.8 cm³/mol. The lowest BCUT2D eigenvalue weighted by Crippen LogP contribution is -2.31. The first-order chi connectivity index (χ1) is 8.27. The van der Waals surface area contributed by atoms with Crippen molar-refractivity contribution < 1.29 is 0 Å². The first-order valence-corrected chi connectivity index (χ1v) is 7.64. The molecule has 0 fully saturated rings. The summed E-state index contributed by atoms with van der Waals surface area (Å²) in [5.74, 6) is 0.817. The van der Waals surface area contributed by atoms with Gasteiger partial charge in [-0.15, -0.1) is 0 Å². The number of nitrogens with zero attached hydrogens (tertiary/aromatic N) is 1. The number of benzene rings is 1. The number of rotatable bonds is 5. The number of anilines is 1. The Morgan fingerprint density at radius 1 is 1.29 bits per heavy atom. The van der Waals surface area contributed by atoms with Gasteiger partial charge >= 0.3 is 0 Å². The van der Waals surface area contributed by atoms with Crippen molar-refractivity contribution in [3.63, 3.8) is 0 Å². The molecule has 1 heterocycles. The molecule has 2 atom stereocenters. The molecular formula is C15H23NS.